The fourth-order valence-electron chi connectivity index (χ4n) is 2.76. The number of benzene rings is 2. The monoisotopic (exact) mass is 380 g/mol. The molecule has 3 aromatic rings. The number of hydrogen-bond acceptors (Lipinski definition) is 3. The molecular formula is C22H25FN4O. The van der Waals surface area contributed by atoms with Gasteiger partial charge in [-0.15, -0.1) is 0 Å². The summed E-state index contributed by atoms with van der Waals surface area (Å²) < 4.78 is 18.4. The predicted octanol–water partition coefficient (Wildman–Crippen LogP) is 4.96. The summed E-state index contributed by atoms with van der Waals surface area (Å²) in [5.74, 6) is 1.08. The van der Waals surface area contributed by atoms with Crippen LogP contribution in [0.4, 0.5) is 10.1 Å². The van der Waals surface area contributed by atoms with Crippen LogP contribution in [0.3, 0.4) is 0 Å². The quantitative estimate of drug-likeness (QED) is 0.448. The lowest BCUT2D eigenvalue weighted by molar-refractivity contribution is 0.572. The normalized spacial score (nSPS) is 12.8. The molecule has 5 nitrogen and oxygen atoms in total. The van der Waals surface area contributed by atoms with Crippen LogP contribution in [-0.4, -0.2) is 17.5 Å². The van der Waals surface area contributed by atoms with Gasteiger partial charge in [0.2, 0.25) is 5.89 Å². The van der Waals surface area contributed by atoms with Crippen LogP contribution in [0, 0.1) is 5.82 Å². The van der Waals surface area contributed by atoms with Crippen LogP contribution in [0.1, 0.15) is 37.4 Å². The third-order valence-corrected chi connectivity index (χ3v) is 4.66. The van der Waals surface area contributed by atoms with Crippen molar-refractivity contribution in [2.24, 2.45) is 10.7 Å². The Morgan fingerprint density at radius 1 is 1.18 bits per heavy atom. The van der Waals surface area contributed by atoms with Gasteiger partial charge in [0, 0.05) is 24.2 Å². The number of guanidine groups is 1. The van der Waals surface area contributed by atoms with Crippen molar-refractivity contribution < 1.29 is 8.81 Å². The first-order chi connectivity index (χ1) is 13.5. The Labute approximate surface area is 164 Å². The maximum absolute atomic E-state index is 13.0. The zero-order valence-corrected chi connectivity index (χ0v) is 16.2. The van der Waals surface area contributed by atoms with Crippen molar-refractivity contribution in [1.82, 2.24) is 4.98 Å². The third-order valence-electron chi connectivity index (χ3n) is 4.66. The van der Waals surface area contributed by atoms with Gasteiger partial charge in [0.15, 0.2) is 5.96 Å². The number of aromatic nitrogens is 1. The lowest BCUT2D eigenvalue weighted by atomic mass is 9.99. The van der Waals surface area contributed by atoms with Gasteiger partial charge in [0.25, 0.3) is 0 Å². The summed E-state index contributed by atoms with van der Waals surface area (Å²) in [6, 6.07) is 14.3. The first-order valence-corrected chi connectivity index (χ1v) is 9.42. The van der Waals surface area contributed by atoms with Crippen LogP contribution in [-0.2, 0) is 6.42 Å². The Kier molecular flexibility index (Phi) is 6.42. The van der Waals surface area contributed by atoms with Gasteiger partial charge < -0.3 is 15.5 Å². The van der Waals surface area contributed by atoms with E-state index in [1.165, 1.54) is 17.7 Å². The molecule has 0 aliphatic rings. The van der Waals surface area contributed by atoms with Gasteiger partial charge in [-0.25, -0.2) is 9.37 Å². The van der Waals surface area contributed by atoms with Crippen molar-refractivity contribution in [2.45, 2.75) is 32.6 Å². The van der Waals surface area contributed by atoms with Crippen LogP contribution in [0.2, 0.25) is 0 Å². The first-order valence-electron chi connectivity index (χ1n) is 9.42. The van der Waals surface area contributed by atoms with E-state index in [1.807, 2.05) is 12.1 Å². The van der Waals surface area contributed by atoms with E-state index < -0.39 is 0 Å². The fraction of sp³-hybridized carbons (Fsp3) is 0.273. The molecule has 1 atom stereocenters. The number of nitrogens with two attached hydrogens (primary N) is 1. The number of oxazole rings is 1. The van der Waals surface area contributed by atoms with Crippen molar-refractivity contribution in [2.75, 3.05) is 11.9 Å². The summed E-state index contributed by atoms with van der Waals surface area (Å²) >= 11 is 0. The maximum Gasteiger partial charge on any atom is 0.226 e. The van der Waals surface area contributed by atoms with Crippen LogP contribution in [0.25, 0.3) is 11.5 Å². The van der Waals surface area contributed by atoms with E-state index in [4.69, 9.17) is 10.2 Å². The molecule has 0 spiro atoms. The van der Waals surface area contributed by atoms with Crippen molar-refractivity contribution in [1.29, 1.82) is 0 Å². The molecule has 0 bridgehead atoms. The van der Waals surface area contributed by atoms with Crippen LogP contribution < -0.4 is 11.1 Å². The molecule has 3 rings (SSSR count). The summed E-state index contributed by atoms with van der Waals surface area (Å²) in [4.78, 5) is 8.74. The van der Waals surface area contributed by atoms with Crippen LogP contribution in [0.5, 0.6) is 0 Å². The molecule has 0 amide bonds. The van der Waals surface area contributed by atoms with E-state index in [-0.39, 0.29) is 5.82 Å². The summed E-state index contributed by atoms with van der Waals surface area (Å²) in [5.41, 5.74) is 9.69. The van der Waals surface area contributed by atoms with Crippen molar-refractivity contribution >= 4 is 11.6 Å². The molecular weight excluding hydrogens is 355 g/mol. The molecule has 1 aromatic heterocycles. The number of hydrogen-bond donors (Lipinski definition) is 2. The Balaban J connectivity index is 1.52. The molecule has 0 radical (unpaired) electrons. The molecule has 0 aliphatic heterocycles. The van der Waals surface area contributed by atoms with E-state index >= 15 is 0 Å². The van der Waals surface area contributed by atoms with Crippen molar-refractivity contribution in [3.63, 3.8) is 0 Å². The number of halogens is 1. The highest BCUT2D eigenvalue weighted by Crippen LogP contribution is 2.21. The lowest BCUT2D eigenvalue weighted by Crippen LogP contribution is -2.23. The largest absolute Gasteiger partial charge is 0.444 e. The van der Waals surface area contributed by atoms with E-state index in [9.17, 15) is 4.39 Å². The Bertz CT molecular complexity index is 916. The molecule has 28 heavy (non-hydrogen) atoms. The number of aliphatic imine (C=N–C) groups is 1. The topological polar surface area (TPSA) is 76.4 Å². The van der Waals surface area contributed by atoms with Crippen molar-refractivity contribution in [3.8, 4) is 11.5 Å². The number of anilines is 1. The molecule has 0 fully saturated rings. The molecule has 0 saturated carbocycles. The van der Waals surface area contributed by atoms with Crippen LogP contribution >= 0.6 is 0 Å². The number of rotatable bonds is 7. The molecule has 1 heterocycles. The average Bonchev–Trinajstić information content (AvgIpc) is 3.17. The molecule has 1 unspecified atom stereocenters. The SMILES string of the molecule is CCC(C)c1ccc(NC(N)=NCCc2coc(-c3ccc(F)cc3)n2)cc1. The molecule has 3 N–H and O–H groups in total. The minimum atomic E-state index is -0.289. The minimum absolute atomic E-state index is 0.289. The second kappa shape index (κ2) is 9.17. The van der Waals surface area contributed by atoms with E-state index in [0.717, 1.165) is 23.4 Å². The van der Waals surface area contributed by atoms with Gasteiger partial charge in [-0.1, -0.05) is 26.0 Å². The van der Waals surface area contributed by atoms with Gasteiger partial charge in [-0.05, 0) is 54.3 Å². The zero-order chi connectivity index (χ0) is 19.9. The molecule has 0 aliphatic carbocycles. The second-order valence-electron chi connectivity index (χ2n) is 6.72. The van der Waals surface area contributed by atoms with Gasteiger partial charge in [-0.3, -0.25) is 4.99 Å². The van der Waals surface area contributed by atoms with Crippen molar-refractivity contribution in [3.05, 3.63) is 71.9 Å². The maximum atomic E-state index is 13.0. The lowest BCUT2D eigenvalue weighted by Gasteiger charge is -2.10. The smallest absolute Gasteiger partial charge is 0.226 e. The minimum Gasteiger partial charge on any atom is -0.444 e. The van der Waals surface area contributed by atoms with Gasteiger partial charge in [0.1, 0.15) is 12.1 Å². The fourth-order valence-corrected chi connectivity index (χ4v) is 2.76. The van der Waals surface area contributed by atoms with E-state index in [1.54, 1.807) is 18.4 Å². The third kappa shape index (κ3) is 5.19. The molecule has 0 saturated heterocycles. The van der Waals surface area contributed by atoms with Crippen LogP contribution in [0.15, 0.2) is 64.2 Å². The number of nitrogens with one attached hydrogen (secondary N) is 1. The Morgan fingerprint density at radius 2 is 1.89 bits per heavy atom. The van der Waals surface area contributed by atoms with E-state index in [0.29, 0.717) is 30.7 Å². The molecule has 6 heteroatoms. The van der Waals surface area contributed by atoms with E-state index in [2.05, 4.69) is 41.3 Å². The first kappa shape index (κ1) is 19.6. The summed E-state index contributed by atoms with van der Waals surface area (Å²) in [5, 5.41) is 3.10. The standard InChI is InChI=1S/C22H25FN4O/c1-3-15(2)16-6-10-19(11-7-16)27-22(24)25-13-12-20-14-28-21(26-20)17-4-8-18(23)9-5-17/h4-11,14-15H,3,12-13H2,1-2H3,(H3,24,25,27). The van der Waals surface area contributed by atoms with Gasteiger partial charge >= 0.3 is 0 Å². The summed E-state index contributed by atoms with van der Waals surface area (Å²) in [6.45, 7) is 4.88. The Morgan fingerprint density at radius 3 is 2.57 bits per heavy atom. The molecule has 2 aromatic carbocycles. The Hall–Kier alpha value is -3.15. The van der Waals surface area contributed by atoms with Gasteiger partial charge in [-0.2, -0.15) is 0 Å². The molecule has 146 valence electrons. The second-order valence-corrected chi connectivity index (χ2v) is 6.72. The van der Waals surface area contributed by atoms with Gasteiger partial charge in [0.05, 0.1) is 5.69 Å². The highest BCUT2D eigenvalue weighted by atomic mass is 19.1. The highest BCUT2D eigenvalue weighted by Gasteiger charge is 2.07. The predicted molar refractivity (Wildman–Crippen MR) is 111 cm³/mol. The zero-order valence-electron chi connectivity index (χ0n) is 16.2. The summed E-state index contributed by atoms with van der Waals surface area (Å²) in [6.07, 6.45) is 3.30. The number of nitrogens with zero attached hydrogens (tertiary/aromatic N) is 2. The average molecular weight is 380 g/mol. The summed E-state index contributed by atoms with van der Waals surface area (Å²) in [7, 11) is 0. The highest BCUT2D eigenvalue weighted by molar-refractivity contribution is 5.92.